The maximum Gasteiger partial charge on any atom is 0.251 e. The van der Waals surface area contributed by atoms with Crippen LogP contribution in [0, 0.1) is 5.92 Å². The van der Waals surface area contributed by atoms with Crippen LogP contribution in [0.1, 0.15) is 30.6 Å². The number of rotatable bonds is 4. The molecule has 1 amide bonds. The first-order valence-corrected chi connectivity index (χ1v) is 6.45. The molecule has 0 fully saturated rings. The largest absolute Gasteiger partial charge is 0.352 e. The standard InChI is InChI=1S/C12H15BrClNO/c1-3-8(2)7-15-12(16)9-4-5-10(13)11(14)6-9/h4-6,8H,3,7H2,1-2H3,(H,15,16). The van der Waals surface area contributed by atoms with Gasteiger partial charge in [-0.25, -0.2) is 0 Å². The lowest BCUT2D eigenvalue weighted by molar-refractivity contribution is 0.0948. The molecule has 0 aliphatic carbocycles. The average molecular weight is 305 g/mol. The van der Waals surface area contributed by atoms with E-state index in [1.165, 1.54) is 0 Å². The summed E-state index contributed by atoms with van der Waals surface area (Å²) in [5.74, 6) is 0.421. The predicted octanol–water partition coefficient (Wildman–Crippen LogP) is 3.88. The van der Waals surface area contributed by atoms with Crippen molar-refractivity contribution in [2.24, 2.45) is 5.92 Å². The maximum atomic E-state index is 11.7. The molecule has 4 heteroatoms. The highest BCUT2D eigenvalue weighted by Crippen LogP contribution is 2.23. The van der Waals surface area contributed by atoms with Gasteiger partial charge in [-0.2, -0.15) is 0 Å². The second kappa shape index (κ2) is 6.26. The molecular weight excluding hydrogens is 289 g/mol. The number of carbonyl (C=O) groups is 1. The Morgan fingerprint density at radius 2 is 2.25 bits per heavy atom. The van der Waals surface area contributed by atoms with Crippen molar-refractivity contribution in [1.29, 1.82) is 0 Å². The van der Waals surface area contributed by atoms with Crippen LogP contribution in [0.5, 0.6) is 0 Å². The maximum absolute atomic E-state index is 11.7. The summed E-state index contributed by atoms with van der Waals surface area (Å²) in [6, 6.07) is 5.19. The van der Waals surface area contributed by atoms with Crippen molar-refractivity contribution in [3.63, 3.8) is 0 Å². The molecule has 0 aliphatic rings. The normalized spacial score (nSPS) is 12.2. The van der Waals surface area contributed by atoms with E-state index in [1.807, 2.05) is 0 Å². The van der Waals surface area contributed by atoms with E-state index >= 15 is 0 Å². The topological polar surface area (TPSA) is 29.1 Å². The van der Waals surface area contributed by atoms with E-state index in [1.54, 1.807) is 18.2 Å². The molecule has 1 aromatic rings. The molecule has 1 unspecified atom stereocenters. The third kappa shape index (κ3) is 3.80. The summed E-state index contributed by atoms with van der Waals surface area (Å²) in [5, 5.41) is 3.44. The van der Waals surface area contributed by atoms with Crippen molar-refractivity contribution >= 4 is 33.4 Å². The summed E-state index contributed by atoms with van der Waals surface area (Å²) in [5.41, 5.74) is 0.594. The highest BCUT2D eigenvalue weighted by Gasteiger charge is 2.08. The van der Waals surface area contributed by atoms with Crippen LogP contribution in [0.2, 0.25) is 5.02 Å². The smallest absolute Gasteiger partial charge is 0.251 e. The molecular formula is C12H15BrClNO. The Bertz CT molecular complexity index is 381. The van der Waals surface area contributed by atoms with Crippen LogP contribution >= 0.6 is 27.5 Å². The monoisotopic (exact) mass is 303 g/mol. The number of benzene rings is 1. The van der Waals surface area contributed by atoms with Crippen molar-refractivity contribution in [2.75, 3.05) is 6.54 Å². The average Bonchev–Trinajstić information content (AvgIpc) is 2.29. The zero-order chi connectivity index (χ0) is 12.1. The Hall–Kier alpha value is -0.540. The second-order valence-electron chi connectivity index (χ2n) is 3.85. The molecule has 0 bridgehead atoms. The van der Waals surface area contributed by atoms with E-state index in [9.17, 15) is 4.79 Å². The molecule has 0 radical (unpaired) electrons. The first-order valence-electron chi connectivity index (χ1n) is 5.27. The van der Waals surface area contributed by atoms with Gasteiger partial charge in [-0.1, -0.05) is 31.9 Å². The number of hydrogen-bond acceptors (Lipinski definition) is 1. The highest BCUT2D eigenvalue weighted by molar-refractivity contribution is 9.10. The van der Waals surface area contributed by atoms with E-state index < -0.39 is 0 Å². The molecule has 0 spiro atoms. The van der Waals surface area contributed by atoms with E-state index in [4.69, 9.17) is 11.6 Å². The Kier molecular flexibility index (Phi) is 5.29. The third-order valence-electron chi connectivity index (χ3n) is 2.49. The molecule has 1 rings (SSSR count). The molecule has 88 valence electrons. The summed E-state index contributed by atoms with van der Waals surface area (Å²) < 4.78 is 0.799. The third-order valence-corrected chi connectivity index (χ3v) is 3.72. The van der Waals surface area contributed by atoms with Crippen LogP contribution in [0.4, 0.5) is 0 Å². The van der Waals surface area contributed by atoms with Gasteiger partial charge in [0.05, 0.1) is 5.02 Å². The van der Waals surface area contributed by atoms with Gasteiger partial charge < -0.3 is 5.32 Å². The van der Waals surface area contributed by atoms with Crippen molar-refractivity contribution in [2.45, 2.75) is 20.3 Å². The molecule has 0 saturated heterocycles. The number of carbonyl (C=O) groups excluding carboxylic acids is 1. The van der Waals surface area contributed by atoms with Crippen molar-refractivity contribution in [3.05, 3.63) is 33.3 Å². The van der Waals surface area contributed by atoms with Gasteiger partial charge >= 0.3 is 0 Å². The lowest BCUT2D eigenvalue weighted by Crippen LogP contribution is -2.27. The number of amides is 1. The van der Waals surface area contributed by atoms with Gasteiger partial charge in [0.25, 0.3) is 5.91 Å². The number of hydrogen-bond donors (Lipinski definition) is 1. The molecule has 2 nitrogen and oxygen atoms in total. The van der Waals surface area contributed by atoms with E-state index in [0.29, 0.717) is 23.0 Å². The van der Waals surface area contributed by atoms with Crippen LogP contribution in [0.25, 0.3) is 0 Å². The molecule has 0 saturated carbocycles. The summed E-state index contributed by atoms with van der Waals surface area (Å²) in [6.45, 7) is 4.91. The van der Waals surface area contributed by atoms with Gasteiger partial charge in [0.2, 0.25) is 0 Å². The number of nitrogens with one attached hydrogen (secondary N) is 1. The van der Waals surface area contributed by atoms with Gasteiger partial charge in [-0.3, -0.25) is 4.79 Å². The quantitative estimate of drug-likeness (QED) is 0.898. The minimum absolute atomic E-state index is 0.0744. The molecule has 1 atom stereocenters. The fourth-order valence-corrected chi connectivity index (χ4v) is 1.58. The van der Waals surface area contributed by atoms with Crippen LogP contribution in [0.3, 0.4) is 0 Å². The lowest BCUT2D eigenvalue weighted by atomic mass is 10.1. The summed E-state index contributed by atoms with van der Waals surface area (Å²) in [4.78, 5) is 11.7. The Morgan fingerprint density at radius 1 is 1.56 bits per heavy atom. The first kappa shape index (κ1) is 13.5. The zero-order valence-corrected chi connectivity index (χ0v) is 11.7. The van der Waals surface area contributed by atoms with E-state index in [2.05, 4.69) is 35.1 Å². The summed E-state index contributed by atoms with van der Waals surface area (Å²) in [6.07, 6.45) is 1.06. The van der Waals surface area contributed by atoms with Crippen molar-refractivity contribution in [3.8, 4) is 0 Å². The van der Waals surface area contributed by atoms with Crippen molar-refractivity contribution in [1.82, 2.24) is 5.32 Å². The van der Waals surface area contributed by atoms with Gasteiger partial charge in [-0.15, -0.1) is 0 Å². The summed E-state index contributed by atoms with van der Waals surface area (Å²) in [7, 11) is 0. The molecule has 0 aromatic heterocycles. The molecule has 0 heterocycles. The molecule has 16 heavy (non-hydrogen) atoms. The second-order valence-corrected chi connectivity index (χ2v) is 5.11. The molecule has 0 aliphatic heterocycles. The minimum Gasteiger partial charge on any atom is -0.352 e. The predicted molar refractivity (Wildman–Crippen MR) is 70.9 cm³/mol. The van der Waals surface area contributed by atoms with Gasteiger partial charge in [0.15, 0.2) is 0 Å². The van der Waals surface area contributed by atoms with Crippen LogP contribution in [0.15, 0.2) is 22.7 Å². The van der Waals surface area contributed by atoms with Gasteiger partial charge in [-0.05, 0) is 40.0 Å². The van der Waals surface area contributed by atoms with Crippen LogP contribution < -0.4 is 5.32 Å². The first-order chi connectivity index (χ1) is 7.54. The molecule has 1 aromatic carbocycles. The van der Waals surface area contributed by atoms with Gasteiger partial charge in [0.1, 0.15) is 0 Å². The SMILES string of the molecule is CCC(C)CNC(=O)c1ccc(Br)c(Cl)c1. The van der Waals surface area contributed by atoms with E-state index in [-0.39, 0.29) is 5.91 Å². The highest BCUT2D eigenvalue weighted by atomic mass is 79.9. The number of halogens is 2. The lowest BCUT2D eigenvalue weighted by Gasteiger charge is -2.10. The fraction of sp³-hybridized carbons (Fsp3) is 0.417. The van der Waals surface area contributed by atoms with Gasteiger partial charge in [0, 0.05) is 16.6 Å². The zero-order valence-electron chi connectivity index (χ0n) is 9.39. The Labute approximate surface area is 110 Å². The minimum atomic E-state index is -0.0744. The summed E-state index contributed by atoms with van der Waals surface area (Å²) >= 11 is 9.21. The van der Waals surface area contributed by atoms with E-state index in [0.717, 1.165) is 10.9 Å². The Balaban J connectivity index is 2.63. The van der Waals surface area contributed by atoms with Crippen LogP contribution in [-0.4, -0.2) is 12.5 Å². The fourth-order valence-electron chi connectivity index (χ4n) is 1.15. The van der Waals surface area contributed by atoms with Crippen LogP contribution in [-0.2, 0) is 0 Å². The van der Waals surface area contributed by atoms with Crippen molar-refractivity contribution < 1.29 is 4.79 Å². The Morgan fingerprint density at radius 3 is 2.81 bits per heavy atom. The molecule has 1 N–H and O–H groups in total.